The number of nitrogens with zero attached hydrogens (tertiary/aromatic N) is 2. The standard InChI is InChI=1S/C23H21N3O2/c1-15(27)10-16-4-2-5-17(11-16)12-18-7-8-21-19(13-18)20(23(28)26-21)14-25-22-6-3-9-24-22/h2-8,11,13-14,26,28H,9-10,12H2,1H3. The molecule has 0 saturated carbocycles. The number of hydrogen-bond donors (Lipinski definition) is 2. The van der Waals surface area contributed by atoms with E-state index in [-0.39, 0.29) is 11.7 Å². The van der Waals surface area contributed by atoms with Gasteiger partial charge in [0.05, 0.1) is 12.1 Å². The van der Waals surface area contributed by atoms with Crippen molar-refractivity contribution in [1.82, 2.24) is 4.98 Å². The minimum absolute atomic E-state index is 0.0990. The van der Waals surface area contributed by atoms with Crippen molar-refractivity contribution in [2.24, 2.45) is 9.98 Å². The number of rotatable bonds is 5. The van der Waals surface area contributed by atoms with Crippen LogP contribution < -0.4 is 0 Å². The molecule has 140 valence electrons. The summed E-state index contributed by atoms with van der Waals surface area (Å²) >= 11 is 0. The average Bonchev–Trinajstić information content (AvgIpc) is 3.27. The number of amidine groups is 1. The van der Waals surface area contributed by atoms with Crippen molar-refractivity contribution < 1.29 is 9.90 Å². The minimum atomic E-state index is 0.0990. The summed E-state index contributed by atoms with van der Waals surface area (Å²) in [5.74, 6) is 0.918. The number of ketones is 1. The number of hydrogen-bond acceptors (Lipinski definition) is 4. The van der Waals surface area contributed by atoms with Crippen LogP contribution in [-0.2, 0) is 17.6 Å². The molecule has 0 unspecified atom stereocenters. The molecule has 0 fully saturated rings. The number of benzene rings is 2. The third-order valence-corrected chi connectivity index (χ3v) is 4.69. The summed E-state index contributed by atoms with van der Waals surface area (Å²) in [7, 11) is 0. The van der Waals surface area contributed by atoms with Gasteiger partial charge in [-0.25, -0.2) is 4.99 Å². The second kappa shape index (κ2) is 7.64. The fraction of sp³-hybridized carbons (Fsp3) is 0.174. The van der Waals surface area contributed by atoms with Crippen molar-refractivity contribution in [3.05, 3.63) is 76.9 Å². The van der Waals surface area contributed by atoms with E-state index in [0.717, 1.165) is 34.0 Å². The minimum Gasteiger partial charge on any atom is -0.494 e. The van der Waals surface area contributed by atoms with Gasteiger partial charge in [0.2, 0.25) is 0 Å². The number of Topliss-reactive ketones (excluding diaryl/α,β-unsaturated/α-hetero) is 1. The molecule has 4 rings (SSSR count). The van der Waals surface area contributed by atoms with E-state index < -0.39 is 0 Å². The molecule has 0 bridgehead atoms. The van der Waals surface area contributed by atoms with Crippen LogP contribution in [0.4, 0.5) is 0 Å². The second-order valence-electron chi connectivity index (χ2n) is 7.00. The van der Waals surface area contributed by atoms with Gasteiger partial charge in [-0.3, -0.25) is 9.79 Å². The van der Waals surface area contributed by atoms with Crippen molar-refractivity contribution in [3.63, 3.8) is 0 Å². The molecule has 2 aromatic carbocycles. The number of nitrogens with one attached hydrogen (secondary N) is 1. The Kier molecular flexibility index (Phi) is 4.89. The molecular formula is C23H21N3O2. The van der Waals surface area contributed by atoms with Crippen molar-refractivity contribution in [3.8, 4) is 5.88 Å². The summed E-state index contributed by atoms with van der Waals surface area (Å²) in [4.78, 5) is 23.0. The predicted octanol–water partition coefficient (Wildman–Crippen LogP) is 3.98. The number of aromatic nitrogens is 1. The Hall–Kier alpha value is -3.47. The molecule has 0 saturated heterocycles. The highest BCUT2D eigenvalue weighted by Gasteiger charge is 2.11. The molecule has 5 nitrogen and oxygen atoms in total. The van der Waals surface area contributed by atoms with E-state index in [2.05, 4.69) is 33.2 Å². The molecule has 2 heterocycles. The highest BCUT2D eigenvalue weighted by atomic mass is 16.3. The highest BCUT2D eigenvalue weighted by Crippen LogP contribution is 2.27. The quantitative estimate of drug-likeness (QED) is 0.666. The monoisotopic (exact) mass is 371 g/mol. The molecule has 0 atom stereocenters. The molecular weight excluding hydrogens is 350 g/mol. The fourth-order valence-corrected chi connectivity index (χ4v) is 3.43. The molecule has 1 aliphatic heterocycles. The zero-order valence-corrected chi connectivity index (χ0v) is 15.6. The van der Waals surface area contributed by atoms with Crippen molar-refractivity contribution in [1.29, 1.82) is 0 Å². The summed E-state index contributed by atoms with van der Waals surface area (Å²) in [6, 6.07) is 14.2. The lowest BCUT2D eigenvalue weighted by molar-refractivity contribution is -0.116. The van der Waals surface area contributed by atoms with Gasteiger partial charge in [-0.15, -0.1) is 0 Å². The first-order valence-corrected chi connectivity index (χ1v) is 9.24. The molecule has 1 aromatic heterocycles. The Morgan fingerprint density at radius 2 is 2.04 bits per heavy atom. The molecule has 28 heavy (non-hydrogen) atoms. The smallest absolute Gasteiger partial charge is 0.198 e. The van der Waals surface area contributed by atoms with Gasteiger partial charge in [-0.1, -0.05) is 36.4 Å². The van der Waals surface area contributed by atoms with Crippen LogP contribution in [0.5, 0.6) is 5.88 Å². The van der Waals surface area contributed by atoms with Gasteiger partial charge >= 0.3 is 0 Å². The lowest BCUT2D eigenvalue weighted by Crippen LogP contribution is -1.97. The largest absolute Gasteiger partial charge is 0.494 e. The molecule has 0 radical (unpaired) electrons. The van der Waals surface area contributed by atoms with E-state index in [1.54, 1.807) is 13.1 Å². The zero-order chi connectivity index (χ0) is 19.5. The predicted molar refractivity (Wildman–Crippen MR) is 113 cm³/mol. The Morgan fingerprint density at radius 1 is 1.21 bits per heavy atom. The summed E-state index contributed by atoms with van der Waals surface area (Å²) in [5.41, 5.74) is 4.82. The van der Waals surface area contributed by atoms with Crippen molar-refractivity contribution >= 4 is 28.7 Å². The summed E-state index contributed by atoms with van der Waals surface area (Å²) < 4.78 is 0. The van der Waals surface area contributed by atoms with Gasteiger partial charge in [-0.05, 0) is 48.2 Å². The molecule has 2 N–H and O–H groups in total. The van der Waals surface area contributed by atoms with E-state index >= 15 is 0 Å². The van der Waals surface area contributed by atoms with Crippen molar-refractivity contribution in [2.75, 3.05) is 6.54 Å². The molecule has 0 amide bonds. The third-order valence-electron chi connectivity index (χ3n) is 4.69. The van der Waals surface area contributed by atoms with Gasteiger partial charge in [0.15, 0.2) is 5.88 Å². The SMILES string of the molecule is CC(=O)Cc1cccc(Cc2ccc3[nH]c(O)c(C=NC4=NCC=C4)c3c2)c1. The van der Waals surface area contributed by atoms with E-state index in [1.807, 2.05) is 36.4 Å². The lowest BCUT2D eigenvalue weighted by Gasteiger charge is -2.05. The van der Waals surface area contributed by atoms with Crippen LogP contribution in [0, 0.1) is 0 Å². The summed E-state index contributed by atoms with van der Waals surface area (Å²) in [5, 5.41) is 11.2. The maximum absolute atomic E-state index is 11.4. The van der Waals surface area contributed by atoms with E-state index in [1.165, 1.54) is 0 Å². The number of aliphatic imine (C=N–C) groups is 2. The van der Waals surface area contributed by atoms with Gasteiger partial charge in [0, 0.05) is 23.5 Å². The van der Waals surface area contributed by atoms with Gasteiger partial charge in [0.25, 0.3) is 0 Å². The van der Waals surface area contributed by atoms with Crippen LogP contribution in [0.15, 0.2) is 64.6 Å². The van der Waals surface area contributed by atoms with Crippen LogP contribution in [-0.4, -0.2) is 34.5 Å². The average molecular weight is 371 g/mol. The number of aromatic amines is 1. The van der Waals surface area contributed by atoms with E-state index in [9.17, 15) is 9.90 Å². The molecule has 5 heteroatoms. The first kappa shape index (κ1) is 17.9. The summed E-state index contributed by atoms with van der Waals surface area (Å²) in [6.45, 7) is 2.26. The Balaban J connectivity index is 1.63. The first-order valence-electron chi connectivity index (χ1n) is 9.24. The van der Waals surface area contributed by atoms with Crippen LogP contribution in [0.3, 0.4) is 0 Å². The number of fused-ring (bicyclic) bond motifs is 1. The maximum atomic E-state index is 11.4. The van der Waals surface area contributed by atoms with Gasteiger partial charge in [0.1, 0.15) is 11.6 Å². The molecule has 0 spiro atoms. The lowest BCUT2D eigenvalue weighted by atomic mass is 9.99. The first-order chi connectivity index (χ1) is 13.6. The number of carbonyl (C=O) groups excluding carboxylic acids is 1. The van der Waals surface area contributed by atoms with Gasteiger partial charge < -0.3 is 10.1 Å². The van der Waals surface area contributed by atoms with Crippen LogP contribution in [0.2, 0.25) is 0 Å². The number of carbonyl (C=O) groups is 1. The van der Waals surface area contributed by atoms with Crippen LogP contribution in [0.1, 0.15) is 29.2 Å². The highest BCUT2D eigenvalue weighted by molar-refractivity contribution is 6.08. The Morgan fingerprint density at radius 3 is 2.82 bits per heavy atom. The number of H-pyrrole nitrogens is 1. The third kappa shape index (κ3) is 3.93. The second-order valence-corrected chi connectivity index (χ2v) is 7.00. The van der Waals surface area contributed by atoms with E-state index in [4.69, 9.17) is 0 Å². The fourth-order valence-electron chi connectivity index (χ4n) is 3.43. The summed E-state index contributed by atoms with van der Waals surface area (Å²) in [6.07, 6.45) is 6.67. The number of aromatic hydroxyl groups is 1. The normalized spacial score (nSPS) is 13.5. The van der Waals surface area contributed by atoms with E-state index in [0.29, 0.717) is 24.4 Å². The van der Waals surface area contributed by atoms with Gasteiger partial charge in [-0.2, -0.15) is 0 Å². The maximum Gasteiger partial charge on any atom is 0.198 e. The van der Waals surface area contributed by atoms with Crippen LogP contribution in [0.25, 0.3) is 10.9 Å². The Bertz CT molecular complexity index is 1140. The molecule has 3 aromatic rings. The van der Waals surface area contributed by atoms with Crippen LogP contribution >= 0.6 is 0 Å². The van der Waals surface area contributed by atoms with Crippen molar-refractivity contribution in [2.45, 2.75) is 19.8 Å². The zero-order valence-electron chi connectivity index (χ0n) is 15.6. The molecule has 0 aliphatic carbocycles. The topological polar surface area (TPSA) is 77.8 Å². The molecule has 1 aliphatic rings. The Labute approximate surface area is 163 Å².